The number of nitrogens with zero attached hydrogens (tertiary/aromatic N) is 1. The van der Waals surface area contributed by atoms with Gasteiger partial charge >= 0.3 is 0 Å². The predicted octanol–water partition coefficient (Wildman–Crippen LogP) is 3.76. The van der Waals surface area contributed by atoms with E-state index in [0.29, 0.717) is 31.1 Å². The Balaban J connectivity index is 1.40. The molecule has 0 saturated carbocycles. The second-order valence-corrected chi connectivity index (χ2v) is 10.7. The Labute approximate surface area is 170 Å². The number of carbonyl (C=O) groups excluding carboxylic acids is 1. The van der Waals surface area contributed by atoms with Crippen molar-refractivity contribution in [1.29, 1.82) is 0 Å². The lowest BCUT2D eigenvalue weighted by molar-refractivity contribution is -0.115. The lowest BCUT2D eigenvalue weighted by Crippen LogP contribution is -2.37. The molecule has 2 aromatic rings. The molecule has 7 heteroatoms. The van der Waals surface area contributed by atoms with E-state index in [1.165, 1.54) is 5.56 Å². The highest BCUT2D eigenvalue weighted by molar-refractivity contribution is 8.01. The van der Waals surface area contributed by atoms with Gasteiger partial charge in [-0.2, -0.15) is 4.31 Å². The van der Waals surface area contributed by atoms with Gasteiger partial charge in [-0.3, -0.25) is 4.79 Å². The van der Waals surface area contributed by atoms with Gasteiger partial charge in [0.15, 0.2) is 0 Å². The van der Waals surface area contributed by atoms with E-state index < -0.39 is 10.0 Å². The minimum absolute atomic E-state index is 0.0539. The first kappa shape index (κ1) is 19.5. The minimum Gasteiger partial charge on any atom is -0.325 e. The van der Waals surface area contributed by atoms with E-state index in [1.54, 1.807) is 40.3 Å². The van der Waals surface area contributed by atoms with Gasteiger partial charge in [-0.05, 0) is 61.1 Å². The van der Waals surface area contributed by atoms with Gasteiger partial charge in [0.25, 0.3) is 0 Å². The lowest BCUT2D eigenvalue weighted by atomic mass is 10.0. The minimum atomic E-state index is -3.47. The molecular weight excluding hydrogens is 392 g/mol. The number of piperidine rings is 1. The number of sulfonamides is 1. The number of carbonyl (C=O) groups is 1. The van der Waals surface area contributed by atoms with Crippen molar-refractivity contribution in [3.8, 4) is 0 Å². The summed E-state index contributed by atoms with van der Waals surface area (Å²) in [5.74, 6) is 0.519. The normalized spacial score (nSPS) is 20.7. The molecule has 148 valence electrons. The Morgan fingerprint density at radius 2 is 1.75 bits per heavy atom. The molecule has 1 fully saturated rings. The van der Waals surface area contributed by atoms with Crippen LogP contribution in [0.25, 0.3) is 0 Å². The standard InChI is InChI=1S/C21H24N2O3S2/c1-15-10-12-23(13-11-15)28(25,26)18-8-6-17(7-9-18)22-21(24)20-14-16-4-2-3-5-19(16)27-20/h2-9,15,20H,10-14H2,1H3,(H,22,24)/t20-/m1/s1. The van der Waals surface area contributed by atoms with Crippen molar-refractivity contribution in [2.24, 2.45) is 5.92 Å². The van der Waals surface area contributed by atoms with E-state index in [2.05, 4.69) is 18.3 Å². The molecule has 0 aliphatic carbocycles. The van der Waals surface area contributed by atoms with Gasteiger partial charge in [0.2, 0.25) is 15.9 Å². The molecule has 5 nitrogen and oxygen atoms in total. The van der Waals surface area contributed by atoms with Gasteiger partial charge in [-0.15, -0.1) is 11.8 Å². The largest absolute Gasteiger partial charge is 0.325 e. The highest BCUT2D eigenvalue weighted by Crippen LogP contribution is 2.37. The molecule has 1 saturated heterocycles. The van der Waals surface area contributed by atoms with E-state index in [4.69, 9.17) is 0 Å². The quantitative estimate of drug-likeness (QED) is 0.824. The third-order valence-corrected chi connectivity index (χ3v) is 8.67. The Morgan fingerprint density at radius 1 is 1.07 bits per heavy atom. The summed E-state index contributed by atoms with van der Waals surface area (Å²) in [7, 11) is -3.47. The van der Waals surface area contributed by atoms with Gasteiger partial charge in [0, 0.05) is 23.7 Å². The van der Waals surface area contributed by atoms with Gasteiger partial charge in [0.05, 0.1) is 10.1 Å². The predicted molar refractivity (Wildman–Crippen MR) is 112 cm³/mol. The summed E-state index contributed by atoms with van der Waals surface area (Å²) < 4.78 is 27.2. The molecule has 2 aliphatic rings. The molecule has 0 unspecified atom stereocenters. The second-order valence-electron chi connectivity index (χ2n) is 7.52. The van der Waals surface area contributed by atoms with E-state index in [0.717, 1.165) is 17.7 Å². The number of rotatable bonds is 4. The molecule has 0 spiro atoms. The molecule has 4 rings (SSSR count). The second kappa shape index (κ2) is 7.89. The Bertz CT molecular complexity index is 940. The monoisotopic (exact) mass is 416 g/mol. The van der Waals surface area contributed by atoms with Crippen molar-refractivity contribution in [2.75, 3.05) is 18.4 Å². The number of nitrogens with one attached hydrogen (secondary N) is 1. The van der Waals surface area contributed by atoms with Crippen molar-refractivity contribution < 1.29 is 13.2 Å². The molecule has 1 atom stereocenters. The topological polar surface area (TPSA) is 66.5 Å². The first-order valence-electron chi connectivity index (χ1n) is 9.59. The van der Waals surface area contributed by atoms with Gasteiger partial charge in [0.1, 0.15) is 0 Å². The summed E-state index contributed by atoms with van der Waals surface area (Å²) in [6, 6.07) is 14.6. The Morgan fingerprint density at radius 3 is 2.43 bits per heavy atom. The number of amides is 1. The summed E-state index contributed by atoms with van der Waals surface area (Å²) in [6.07, 6.45) is 2.51. The summed E-state index contributed by atoms with van der Waals surface area (Å²) in [4.78, 5) is 14.0. The van der Waals surface area contributed by atoms with Crippen LogP contribution in [-0.2, 0) is 21.2 Å². The number of anilines is 1. The summed E-state index contributed by atoms with van der Waals surface area (Å²) in [5, 5.41) is 2.76. The van der Waals surface area contributed by atoms with Crippen LogP contribution >= 0.6 is 11.8 Å². The van der Waals surface area contributed by atoms with Gasteiger partial charge in [-0.1, -0.05) is 25.1 Å². The van der Waals surface area contributed by atoms with Crippen molar-refractivity contribution in [3.05, 3.63) is 54.1 Å². The maximum absolute atomic E-state index is 12.8. The molecule has 2 aromatic carbocycles. The lowest BCUT2D eigenvalue weighted by Gasteiger charge is -2.29. The van der Waals surface area contributed by atoms with Crippen LogP contribution in [0, 0.1) is 5.92 Å². The highest BCUT2D eigenvalue weighted by atomic mass is 32.2. The van der Waals surface area contributed by atoms with Crippen LogP contribution in [0.1, 0.15) is 25.3 Å². The first-order valence-corrected chi connectivity index (χ1v) is 11.9. The molecule has 0 aromatic heterocycles. The molecule has 1 N–H and O–H groups in total. The molecular formula is C21H24N2O3S2. The first-order chi connectivity index (χ1) is 13.4. The molecule has 2 aliphatic heterocycles. The van der Waals surface area contributed by atoms with E-state index in [-0.39, 0.29) is 16.1 Å². The SMILES string of the molecule is CC1CCN(S(=O)(=O)c2ccc(NC(=O)[C@H]3Cc4ccccc4S3)cc2)CC1. The van der Waals surface area contributed by atoms with Crippen LogP contribution in [0.4, 0.5) is 5.69 Å². The molecule has 0 bridgehead atoms. The molecule has 2 heterocycles. The number of fused-ring (bicyclic) bond motifs is 1. The van der Waals surface area contributed by atoms with Crippen LogP contribution in [0.5, 0.6) is 0 Å². The van der Waals surface area contributed by atoms with Crippen molar-refractivity contribution >= 4 is 33.4 Å². The van der Waals surface area contributed by atoms with Crippen LogP contribution in [0.15, 0.2) is 58.3 Å². The fourth-order valence-electron chi connectivity index (χ4n) is 3.64. The summed E-state index contributed by atoms with van der Waals surface area (Å²) in [5.41, 5.74) is 1.82. The van der Waals surface area contributed by atoms with E-state index in [9.17, 15) is 13.2 Å². The average molecular weight is 417 g/mol. The Hall–Kier alpha value is -1.83. The summed E-state index contributed by atoms with van der Waals surface area (Å²) in [6.45, 7) is 3.30. The van der Waals surface area contributed by atoms with E-state index >= 15 is 0 Å². The molecule has 0 radical (unpaired) electrons. The number of hydrogen-bond acceptors (Lipinski definition) is 4. The molecule has 1 amide bonds. The van der Waals surface area contributed by atoms with Crippen LogP contribution < -0.4 is 5.32 Å². The average Bonchev–Trinajstić information content (AvgIpc) is 3.13. The van der Waals surface area contributed by atoms with Gasteiger partial charge in [-0.25, -0.2) is 8.42 Å². The smallest absolute Gasteiger partial charge is 0.243 e. The van der Waals surface area contributed by atoms with Crippen molar-refractivity contribution in [2.45, 2.75) is 41.2 Å². The zero-order valence-corrected chi connectivity index (χ0v) is 17.4. The number of hydrogen-bond donors (Lipinski definition) is 1. The Kier molecular flexibility index (Phi) is 5.49. The summed E-state index contributed by atoms with van der Waals surface area (Å²) >= 11 is 1.58. The third-order valence-electron chi connectivity index (χ3n) is 5.44. The molecule has 28 heavy (non-hydrogen) atoms. The maximum atomic E-state index is 12.8. The highest BCUT2D eigenvalue weighted by Gasteiger charge is 2.29. The fraction of sp³-hybridized carbons (Fsp3) is 0.381. The van der Waals surface area contributed by atoms with Crippen LogP contribution in [0.2, 0.25) is 0 Å². The van der Waals surface area contributed by atoms with Gasteiger partial charge < -0.3 is 5.32 Å². The van der Waals surface area contributed by atoms with Crippen LogP contribution in [-0.4, -0.2) is 37.0 Å². The van der Waals surface area contributed by atoms with Crippen molar-refractivity contribution in [3.63, 3.8) is 0 Å². The number of benzene rings is 2. The zero-order valence-electron chi connectivity index (χ0n) is 15.8. The van der Waals surface area contributed by atoms with Crippen LogP contribution in [0.3, 0.4) is 0 Å². The third kappa shape index (κ3) is 3.97. The van der Waals surface area contributed by atoms with Crippen molar-refractivity contribution in [1.82, 2.24) is 4.31 Å². The van der Waals surface area contributed by atoms with E-state index in [1.807, 2.05) is 18.2 Å². The number of thioether (sulfide) groups is 1. The maximum Gasteiger partial charge on any atom is 0.243 e. The zero-order chi connectivity index (χ0) is 19.7. The fourth-order valence-corrected chi connectivity index (χ4v) is 6.30.